The van der Waals surface area contributed by atoms with Crippen molar-refractivity contribution >= 4 is 18.0 Å². The van der Waals surface area contributed by atoms with E-state index in [2.05, 4.69) is 17.4 Å². The number of aliphatic carboxylic acids is 1. The highest BCUT2D eigenvalue weighted by atomic mass is 16.5. The number of carbonyl (C=O) groups is 3. The van der Waals surface area contributed by atoms with Crippen LogP contribution in [-0.2, 0) is 19.1 Å². The summed E-state index contributed by atoms with van der Waals surface area (Å²) in [4.78, 5) is 39.1. The maximum Gasteiger partial charge on any atom is 0.407 e. The van der Waals surface area contributed by atoms with Crippen LogP contribution < -0.4 is 5.32 Å². The Morgan fingerprint density at radius 2 is 1.69 bits per heavy atom. The number of nitrogens with one attached hydrogen (secondary N) is 1. The first kappa shape index (κ1) is 24.7. The number of likely N-dealkylation sites (tertiary alicyclic amines) is 1. The SMILES string of the molecule is CO[C@H](C)[C@H](NC(=O)OCC1c2ccccc2-c2ccccc21)C(=O)N1CCC(C(=O)O)CC1C. The highest BCUT2D eigenvalue weighted by Gasteiger charge is 2.38. The predicted molar refractivity (Wildman–Crippen MR) is 130 cm³/mol. The second kappa shape index (κ2) is 10.5. The molecule has 2 N–H and O–H groups in total. The summed E-state index contributed by atoms with van der Waals surface area (Å²) in [5, 5.41) is 12.0. The highest BCUT2D eigenvalue weighted by molar-refractivity contribution is 5.87. The van der Waals surface area contributed by atoms with E-state index in [-0.39, 0.29) is 24.5 Å². The smallest absolute Gasteiger partial charge is 0.407 e. The number of alkyl carbamates (subject to hydrolysis) is 1. The molecule has 1 aliphatic heterocycles. The van der Waals surface area contributed by atoms with Gasteiger partial charge in [0.2, 0.25) is 5.91 Å². The number of fused-ring (bicyclic) bond motifs is 3. The zero-order valence-corrected chi connectivity index (χ0v) is 20.3. The first-order chi connectivity index (χ1) is 16.8. The van der Waals surface area contributed by atoms with Crippen molar-refractivity contribution in [3.8, 4) is 11.1 Å². The Labute approximate surface area is 205 Å². The Bertz CT molecular complexity index is 1060. The fourth-order valence-electron chi connectivity index (χ4n) is 5.19. The molecule has 4 rings (SSSR count). The van der Waals surface area contributed by atoms with Crippen LogP contribution in [0.4, 0.5) is 4.79 Å². The van der Waals surface area contributed by atoms with Crippen molar-refractivity contribution in [3.63, 3.8) is 0 Å². The van der Waals surface area contributed by atoms with Crippen LogP contribution in [0, 0.1) is 5.92 Å². The molecule has 0 radical (unpaired) electrons. The molecule has 1 fully saturated rings. The summed E-state index contributed by atoms with van der Waals surface area (Å²) in [6.07, 6.45) is -0.528. The third kappa shape index (κ3) is 5.03. The van der Waals surface area contributed by atoms with Gasteiger partial charge in [0.15, 0.2) is 0 Å². The molecule has 0 saturated carbocycles. The number of rotatable bonds is 7. The normalized spacial score (nSPS) is 20.9. The minimum Gasteiger partial charge on any atom is -0.481 e. The number of benzene rings is 2. The first-order valence-electron chi connectivity index (χ1n) is 12.0. The number of carboxylic acid groups (broad SMARTS) is 1. The van der Waals surface area contributed by atoms with E-state index in [0.29, 0.717) is 19.4 Å². The Hall–Kier alpha value is -3.39. The number of methoxy groups -OCH3 is 1. The summed E-state index contributed by atoms with van der Waals surface area (Å²) >= 11 is 0. The topological polar surface area (TPSA) is 105 Å². The van der Waals surface area contributed by atoms with E-state index < -0.39 is 30.1 Å². The number of hydrogen-bond acceptors (Lipinski definition) is 5. The fraction of sp³-hybridized carbons (Fsp3) is 0.444. The highest BCUT2D eigenvalue weighted by Crippen LogP contribution is 2.44. The lowest BCUT2D eigenvalue weighted by molar-refractivity contribution is -0.149. The van der Waals surface area contributed by atoms with Gasteiger partial charge in [-0.2, -0.15) is 0 Å². The third-order valence-electron chi connectivity index (χ3n) is 7.23. The average molecular weight is 481 g/mol. The number of piperidine rings is 1. The molecule has 1 heterocycles. The van der Waals surface area contributed by atoms with Gasteiger partial charge in [0.25, 0.3) is 0 Å². The molecule has 2 aliphatic rings. The van der Waals surface area contributed by atoms with Crippen molar-refractivity contribution in [3.05, 3.63) is 59.7 Å². The van der Waals surface area contributed by atoms with Gasteiger partial charge in [-0.15, -0.1) is 0 Å². The van der Waals surface area contributed by atoms with Crippen LogP contribution >= 0.6 is 0 Å². The van der Waals surface area contributed by atoms with Crippen LogP contribution in [-0.4, -0.2) is 66.4 Å². The second-order valence-corrected chi connectivity index (χ2v) is 9.33. The second-order valence-electron chi connectivity index (χ2n) is 9.33. The molecule has 8 heteroatoms. The molecule has 0 bridgehead atoms. The molecule has 186 valence electrons. The molecule has 1 saturated heterocycles. The van der Waals surface area contributed by atoms with Gasteiger partial charge in [0, 0.05) is 25.6 Å². The van der Waals surface area contributed by atoms with Crippen molar-refractivity contribution in [2.45, 2.75) is 50.8 Å². The zero-order valence-electron chi connectivity index (χ0n) is 20.3. The summed E-state index contributed by atoms with van der Waals surface area (Å²) in [5.41, 5.74) is 4.48. The Morgan fingerprint density at radius 3 is 2.23 bits per heavy atom. The van der Waals surface area contributed by atoms with E-state index in [4.69, 9.17) is 9.47 Å². The quantitative estimate of drug-likeness (QED) is 0.627. The Morgan fingerprint density at radius 1 is 1.09 bits per heavy atom. The van der Waals surface area contributed by atoms with Crippen LogP contribution in [0.25, 0.3) is 11.1 Å². The lowest BCUT2D eigenvalue weighted by atomic mass is 9.91. The average Bonchev–Trinajstić information content (AvgIpc) is 3.18. The lowest BCUT2D eigenvalue weighted by Crippen LogP contribution is -2.58. The van der Waals surface area contributed by atoms with Gasteiger partial charge in [-0.05, 0) is 48.9 Å². The summed E-state index contributed by atoms with van der Waals surface area (Å²) in [7, 11) is 1.48. The van der Waals surface area contributed by atoms with E-state index in [9.17, 15) is 19.5 Å². The van der Waals surface area contributed by atoms with E-state index in [0.717, 1.165) is 22.3 Å². The largest absolute Gasteiger partial charge is 0.481 e. The minimum atomic E-state index is -0.945. The van der Waals surface area contributed by atoms with Gasteiger partial charge in [0.05, 0.1) is 12.0 Å². The van der Waals surface area contributed by atoms with Crippen molar-refractivity contribution in [1.82, 2.24) is 10.2 Å². The molecule has 2 aromatic rings. The van der Waals surface area contributed by atoms with Crippen molar-refractivity contribution in [2.75, 3.05) is 20.3 Å². The maximum atomic E-state index is 13.3. The molecule has 35 heavy (non-hydrogen) atoms. The van der Waals surface area contributed by atoms with Crippen molar-refractivity contribution in [1.29, 1.82) is 0 Å². The van der Waals surface area contributed by atoms with Gasteiger partial charge in [-0.1, -0.05) is 48.5 Å². The van der Waals surface area contributed by atoms with Gasteiger partial charge in [-0.25, -0.2) is 4.79 Å². The van der Waals surface area contributed by atoms with E-state index in [1.54, 1.807) is 11.8 Å². The molecule has 0 spiro atoms. The van der Waals surface area contributed by atoms with E-state index >= 15 is 0 Å². The lowest BCUT2D eigenvalue weighted by Gasteiger charge is -2.39. The predicted octanol–water partition coefficient (Wildman–Crippen LogP) is 3.64. The Balaban J connectivity index is 1.43. The van der Waals surface area contributed by atoms with Crippen LogP contribution in [0.3, 0.4) is 0 Å². The number of amides is 2. The maximum absolute atomic E-state index is 13.3. The monoisotopic (exact) mass is 480 g/mol. The molecule has 0 aromatic heterocycles. The Kier molecular flexibility index (Phi) is 7.40. The standard InChI is InChI=1S/C27H32N2O6/c1-16-14-18(26(31)32)12-13-29(16)25(30)24(17(2)34-3)28-27(33)35-15-23-21-10-6-4-8-19(21)20-9-5-7-11-22(20)23/h4-11,16-18,23-24H,12-15H2,1-3H3,(H,28,33)(H,31,32)/t16?,17-,18?,24+/m1/s1. The molecule has 2 unspecified atom stereocenters. The zero-order chi connectivity index (χ0) is 25.1. The number of carbonyl (C=O) groups excluding carboxylic acids is 2. The van der Waals surface area contributed by atoms with Gasteiger partial charge >= 0.3 is 12.1 Å². The molecular formula is C27H32N2O6. The van der Waals surface area contributed by atoms with E-state index in [1.807, 2.05) is 43.3 Å². The first-order valence-corrected chi connectivity index (χ1v) is 12.0. The molecule has 8 nitrogen and oxygen atoms in total. The molecular weight excluding hydrogens is 448 g/mol. The summed E-state index contributed by atoms with van der Waals surface area (Å²) in [6.45, 7) is 3.99. The van der Waals surface area contributed by atoms with Crippen LogP contribution in [0.5, 0.6) is 0 Å². The molecule has 4 atom stereocenters. The molecule has 1 aliphatic carbocycles. The molecule has 2 amide bonds. The van der Waals surface area contributed by atoms with Gasteiger partial charge in [0.1, 0.15) is 12.6 Å². The summed E-state index contributed by atoms with van der Waals surface area (Å²) in [5.74, 6) is -1.70. The van der Waals surface area contributed by atoms with E-state index in [1.165, 1.54) is 7.11 Å². The number of carboxylic acids is 1. The summed E-state index contributed by atoms with van der Waals surface area (Å²) < 4.78 is 11.0. The number of nitrogens with zero attached hydrogens (tertiary/aromatic N) is 1. The minimum absolute atomic E-state index is 0.0859. The third-order valence-corrected chi connectivity index (χ3v) is 7.23. The van der Waals surface area contributed by atoms with Crippen LogP contribution in [0.2, 0.25) is 0 Å². The van der Waals surface area contributed by atoms with Gasteiger partial charge in [-0.3, -0.25) is 9.59 Å². The molecule has 2 aromatic carbocycles. The fourth-order valence-corrected chi connectivity index (χ4v) is 5.19. The van der Waals surface area contributed by atoms with Gasteiger partial charge < -0.3 is 24.8 Å². The van der Waals surface area contributed by atoms with Crippen molar-refractivity contribution < 1.29 is 29.0 Å². The number of hydrogen-bond donors (Lipinski definition) is 2. The van der Waals surface area contributed by atoms with Crippen molar-refractivity contribution in [2.24, 2.45) is 5.92 Å². The van der Waals surface area contributed by atoms with Crippen LogP contribution in [0.1, 0.15) is 43.7 Å². The number of ether oxygens (including phenoxy) is 2. The summed E-state index contributed by atoms with van der Waals surface area (Å²) in [6, 6.07) is 15.0. The van der Waals surface area contributed by atoms with Crippen LogP contribution in [0.15, 0.2) is 48.5 Å².